The number of rotatable bonds is 3. The van der Waals surface area contributed by atoms with Gasteiger partial charge in [-0.05, 0) is 31.2 Å². The highest BCUT2D eigenvalue weighted by atomic mass is 16.6. The Hall–Kier alpha value is -2.57. The van der Waals surface area contributed by atoms with Crippen LogP contribution in [0.15, 0.2) is 35.2 Å². The Bertz CT molecular complexity index is 887. The van der Waals surface area contributed by atoms with E-state index in [0.717, 1.165) is 12.8 Å². The van der Waals surface area contributed by atoms with Crippen molar-refractivity contribution < 1.29 is 33.0 Å². The number of hydrogen-bond donors (Lipinski definition) is 0. The summed E-state index contributed by atoms with van der Waals surface area (Å²) in [5, 5.41) is 0. The van der Waals surface area contributed by atoms with Gasteiger partial charge in [0.1, 0.15) is 6.10 Å². The zero-order chi connectivity index (χ0) is 20.4. The van der Waals surface area contributed by atoms with E-state index < -0.39 is 23.6 Å². The fourth-order valence-electron chi connectivity index (χ4n) is 6.45. The highest BCUT2D eigenvalue weighted by molar-refractivity contribution is 5.80. The molecule has 4 aliphatic rings. The van der Waals surface area contributed by atoms with Gasteiger partial charge in [-0.2, -0.15) is 0 Å². The third kappa shape index (κ3) is 2.39. The summed E-state index contributed by atoms with van der Waals surface area (Å²) in [6.07, 6.45) is 7.68. The Kier molecular flexibility index (Phi) is 3.95. The van der Waals surface area contributed by atoms with Crippen molar-refractivity contribution in [3.63, 3.8) is 0 Å². The lowest BCUT2D eigenvalue weighted by atomic mass is 9.45. The molecule has 29 heavy (non-hydrogen) atoms. The van der Waals surface area contributed by atoms with E-state index in [1.165, 1.54) is 19.5 Å². The minimum absolute atomic E-state index is 0.00314. The lowest BCUT2D eigenvalue weighted by molar-refractivity contribution is -0.170. The van der Waals surface area contributed by atoms with Crippen molar-refractivity contribution in [3.8, 4) is 0 Å². The summed E-state index contributed by atoms with van der Waals surface area (Å²) in [7, 11) is 0. The molecule has 1 aromatic heterocycles. The van der Waals surface area contributed by atoms with Crippen LogP contribution in [0.5, 0.6) is 0 Å². The molecule has 3 heterocycles. The van der Waals surface area contributed by atoms with Crippen LogP contribution in [0.4, 0.5) is 0 Å². The molecule has 2 aliphatic heterocycles. The van der Waals surface area contributed by atoms with Gasteiger partial charge in [0.2, 0.25) is 0 Å². The number of esters is 3. The monoisotopic (exact) mass is 400 g/mol. The van der Waals surface area contributed by atoms with Crippen LogP contribution >= 0.6 is 0 Å². The molecule has 5 rings (SSSR count). The van der Waals surface area contributed by atoms with Gasteiger partial charge < -0.3 is 18.6 Å². The summed E-state index contributed by atoms with van der Waals surface area (Å²) in [6.45, 7) is 3.75. The molecule has 3 fully saturated rings. The predicted octanol–water partition coefficient (Wildman–Crippen LogP) is 2.96. The van der Waals surface area contributed by atoms with Gasteiger partial charge in [-0.15, -0.1) is 0 Å². The van der Waals surface area contributed by atoms with Gasteiger partial charge in [0.05, 0.1) is 31.0 Å². The number of hydrogen-bond acceptors (Lipinski definition) is 7. The number of ether oxygens (including phenoxy) is 3. The van der Waals surface area contributed by atoms with Crippen LogP contribution < -0.4 is 0 Å². The molecule has 0 radical (unpaired) electrons. The minimum atomic E-state index is -0.761. The second-order valence-corrected chi connectivity index (χ2v) is 8.94. The maximum Gasteiger partial charge on any atom is 0.313 e. The second-order valence-electron chi connectivity index (χ2n) is 8.94. The molecule has 0 unspecified atom stereocenters. The molecule has 7 heteroatoms. The summed E-state index contributed by atoms with van der Waals surface area (Å²) >= 11 is 0. The number of allylic oxidation sites excluding steroid dienone is 1. The third-order valence-corrected chi connectivity index (χ3v) is 7.73. The van der Waals surface area contributed by atoms with E-state index in [0.29, 0.717) is 18.6 Å². The fraction of sp³-hybridized carbons (Fsp3) is 0.591. The topological polar surface area (TPSA) is 92.0 Å². The molecule has 2 saturated heterocycles. The molecule has 0 amide bonds. The van der Waals surface area contributed by atoms with Crippen molar-refractivity contribution in [2.24, 2.45) is 28.6 Å². The van der Waals surface area contributed by atoms with Gasteiger partial charge in [0, 0.05) is 23.3 Å². The van der Waals surface area contributed by atoms with Crippen LogP contribution in [0.2, 0.25) is 0 Å². The molecule has 1 spiro atoms. The van der Waals surface area contributed by atoms with E-state index >= 15 is 0 Å². The van der Waals surface area contributed by atoms with Crippen LogP contribution in [0.25, 0.3) is 0 Å². The second kappa shape index (κ2) is 6.21. The first-order valence-corrected chi connectivity index (χ1v) is 10.1. The maximum atomic E-state index is 12.9. The minimum Gasteiger partial charge on any atom is -0.472 e. The average molecular weight is 400 g/mol. The van der Waals surface area contributed by atoms with E-state index in [-0.39, 0.29) is 35.1 Å². The smallest absolute Gasteiger partial charge is 0.313 e. The highest BCUT2D eigenvalue weighted by Gasteiger charge is 2.71. The van der Waals surface area contributed by atoms with Crippen molar-refractivity contribution in [1.82, 2.24) is 0 Å². The summed E-state index contributed by atoms with van der Waals surface area (Å²) in [5.41, 5.74) is -0.300. The summed E-state index contributed by atoms with van der Waals surface area (Å²) < 4.78 is 22.3. The molecule has 1 saturated carbocycles. The van der Waals surface area contributed by atoms with Gasteiger partial charge in [0.25, 0.3) is 0 Å². The molecule has 7 nitrogen and oxygen atoms in total. The van der Waals surface area contributed by atoms with E-state index in [1.807, 2.05) is 12.2 Å². The summed E-state index contributed by atoms with van der Waals surface area (Å²) in [5.74, 6) is -1.51. The van der Waals surface area contributed by atoms with Gasteiger partial charge in [-0.25, -0.2) is 0 Å². The number of carbonyl (C=O) groups excluding carboxylic acids is 3. The average Bonchev–Trinajstić information content (AvgIpc) is 3.38. The fourth-order valence-corrected chi connectivity index (χ4v) is 6.45. The van der Waals surface area contributed by atoms with Gasteiger partial charge >= 0.3 is 17.9 Å². The van der Waals surface area contributed by atoms with Crippen molar-refractivity contribution in [3.05, 3.63) is 36.3 Å². The molecule has 154 valence electrons. The van der Waals surface area contributed by atoms with Crippen LogP contribution in [-0.4, -0.2) is 30.6 Å². The number of furan rings is 1. The van der Waals surface area contributed by atoms with Gasteiger partial charge in [-0.3, -0.25) is 14.4 Å². The van der Waals surface area contributed by atoms with Crippen molar-refractivity contribution >= 4 is 17.9 Å². The lowest BCUT2D eigenvalue weighted by Crippen LogP contribution is -2.57. The van der Waals surface area contributed by atoms with Crippen molar-refractivity contribution in [2.45, 2.75) is 45.3 Å². The molecule has 0 N–H and O–H groups in total. The first-order valence-electron chi connectivity index (χ1n) is 10.1. The Labute approximate surface area is 168 Å². The van der Waals surface area contributed by atoms with E-state index in [2.05, 4.69) is 6.92 Å². The molecular weight excluding hydrogens is 376 g/mol. The van der Waals surface area contributed by atoms with Crippen LogP contribution in [0, 0.1) is 28.6 Å². The van der Waals surface area contributed by atoms with Gasteiger partial charge in [-0.1, -0.05) is 19.1 Å². The SMILES string of the molecule is CC(=O)O[C@@H](c1ccoc1)[C@@H]1OC(=O)[C@H]2CC[C@@]34COC(=O)[C@@H]3C=CC[C@@H]4[C@]21C. The largest absolute Gasteiger partial charge is 0.472 e. The predicted molar refractivity (Wildman–Crippen MR) is 98.1 cm³/mol. The third-order valence-electron chi connectivity index (χ3n) is 7.73. The van der Waals surface area contributed by atoms with Gasteiger partial charge in [0.15, 0.2) is 6.10 Å². The Balaban J connectivity index is 1.61. The van der Waals surface area contributed by atoms with E-state index in [1.54, 1.807) is 6.07 Å². The molecule has 2 aliphatic carbocycles. The standard InChI is InChI=1S/C22H24O7/c1-12(23)28-17(13-7-9-26-10-13)18-21(2)14(20(25)29-18)6-8-22-11-27-19(24)15(22)4-3-5-16(21)22/h3-4,7,9-10,14-18H,5-6,8,11H2,1-2H3/t14-,15+,16-,17+,18+,21+,22-/m1/s1. The molecule has 7 atom stereocenters. The van der Waals surface area contributed by atoms with Crippen molar-refractivity contribution in [1.29, 1.82) is 0 Å². The Morgan fingerprint density at radius 2 is 2.14 bits per heavy atom. The normalized spacial score (nSPS) is 41.0. The Morgan fingerprint density at radius 1 is 1.31 bits per heavy atom. The van der Waals surface area contributed by atoms with Crippen LogP contribution in [0.3, 0.4) is 0 Å². The molecular formula is C22H24O7. The summed E-state index contributed by atoms with van der Waals surface area (Å²) in [6, 6.07) is 1.72. The first-order chi connectivity index (χ1) is 13.9. The first kappa shape index (κ1) is 18.5. The van der Waals surface area contributed by atoms with Crippen molar-refractivity contribution in [2.75, 3.05) is 6.61 Å². The highest BCUT2D eigenvalue weighted by Crippen LogP contribution is 2.67. The summed E-state index contributed by atoms with van der Waals surface area (Å²) in [4.78, 5) is 37.2. The van der Waals surface area contributed by atoms with E-state index in [4.69, 9.17) is 18.6 Å². The maximum absolute atomic E-state index is 12.9. The number of fused-ring (bicyclic) bond motifs is 2. The quantitative estimate of drug-likeness (QED) is 0.437. The number of carbonyl (C=O) groups is 3. The zero-order valence-electron chi connectivity index (χ0n) is 16.5. The lowest BCUT2D eigenvalue weighted by Gasteiger charge is -2.55. The van der Waals surface area contributed by atoms with E-state index in [9.17, 15) is 14.4 Å². The number of cyclic esters (lactones) is 2. The van der Waals surface area contributed by atoms with Crippen LogP contribution in [0.1, 0.15) is 44.8 Å². The zero-order valence-corrected chi connectivity index (χ0v) is 16.5. The Morgan fingerprint density at radius 3 is 2.86 bits per heavy atom. The van der Waals surface area contributed by atoms with Crippen LogP contribution in [-0.2, 0) is 28.6 Å². The molecule has 0 bridgehead atoms. The molecule has 1 aromatic rings. The molecule has 0 aromatic carbocycles.